The van der Waals surface area contributed by atoms with E-state index >= 15 is 0 Å². The van der Waals surface area contributed by atoms with Crippen LogP contribution in [0.3, 0.4) is 0 Å². The van der Waals surface area contributed by atoms with Gasteiger partial charge in [-0.25, -0.2) is 14.4 Å². The maximum Gasteiger partial charge on any atom is 0.221 e. The minimum absolute atomic E-state index is 0.195. The second-order valence-electron chi connectivity index (χ2n) is 4.47. The smallest absolute Gasteiger partial charge is 0.221 e. The second-order valence-corrected chi connectivity index (χ2v) is 4.47. The Morgan fingerprint density at radius 2 is 2.05 bits per heavy atom. The van der Waals surface area contributed by atoms with Gasteiger partial charge < -0.3 is 10.1 Å². The molecule has 1 aromatic carbocycles. The molecule has 0 saturated heterocycles. The molecule has 2 aromatic rings. The van der Waals surface area contributed by atoms with E-state index in [2.05, 4.69) is 15.3 Å². The van der Waals surface area contributed by atoms with Crippen molar-refractivity contribution in [2.45, 2.75) is 26.8 Å². The monoisotopic (exact) mass is 275 g/mol. The third-order valence-electron chi connectivity index (χ3n) is 3.04. The topological polar surface area (TPSA) is 47.0 Å². The van der Waals surface area contributed by atoms with Crippen LogP contribution in [-0.4, -0.2) is 16.6 Å². The lowest BCUT2D eigenvalue weighted by Gasteiger charge is -2.17. The van der Waals surface area contributed by atoms with E-state index < -0.39 is 0 Å². The fourth-order valence-electron chi connectivity index (χ4n) is 1.97. The summed E-state index contributed by atoms with van der Waals surface area (Å²) in [6.07, 6.45) is 1.44. The lowest BCUT2D eigenvalue weighted by Crippen LogP contribution is -2.12. The zero-order chi connectivity index (χ0) is 14.5. The first-order valence-corrected chi connectivity index (χ1v) is 6.58. The third-order valence-corrected chi connectivity index (χ3v) is 3.04. The Labute approximate surface area is 118 Å². The third kappa shape index (κ3) is 3.04. The number of hydrogen-bond donors (Lipinski definition) is 1. The predicted octanol–water partition coefficient (Wildman–Crippen LogP) is 3.50. The van der Waals surface area contributed by atoms with E-state index in [0.717, 1.165) is 5.56 Å². The second kappa shape index (κ2) is 6.32. The molecule has 0 aliphatic carbocycles. The van der Waals surface area contributed by atoms with Crippen molar-refractivity contribution < 1.29 is 9.13 Å². The van der Waals surface area contributed by atoms with Crippen LogP contribution in [0.4, 0.5) is 10.2 Å². The van der Waals surface area contributed by atoms with Crippen LogP contribution in [0.2, 0.25) is 0 Å². The van der Waals surface area contributed by atoms with Gasteiger partial charge in [0.05, 0.1) is 18.2 Å². The molecule has 1 unspecified atom stereocenters. The predicted molar refractivity (Wildman–Crippen MR) is 76.4 cm³/mol. The Balaban J connectivity index is 2.22. The molecule has 0 saturated carbocycles. The molecule has 1 aromatic heterocycles. The van der Waals surface area contributed by atoms with Gasteiger partial charge >= 0.3 is 0 Å². The van der Waals surface area contributed by atoms with Crippen molar-refractivity contribution in [1.29, 1.82) is 0 Å². The molecule has 0 spiro atoms. The molecule has 4 nitrogen and oxygen atoms in total. The number of ether oxygens (including phenoxy) is 1. The molecular weight excluding hydrogens is 257 g/mol. The van der Waals surface area contributed by atoms with Crippen molar-refractivity contribution in [3.05, 3.63) is 47.5 Å². The van der Waals surface area contributed by atoms with Gasteiger partial charge in [-0.15, -0.1) is 0 Å². The Bertz CT molecular complexity index is 589. The van der Waals surface area contributed by atoms with Crippen LogP contribution in [0.5, 0.6) is 5.88 Å². The summed E-state index contributed by atoms with van der Waals surface area (Å²) in [7, 11) is 0. The first-order valence-electron chi connectivity index (χ1n) is 6.58. The van der Waals surface area contributed by atoms with Gasteiger partial charge in [0.25, 0.3) is 0 Å². The quantitative estimate of drug-likeness (QED) is 0.907. The summed E-state index contributed by atoms with van der Waals surface area (Å²) in [4.78, 5) is 8.27. The van der Waals surface area contributed by atoms with Crippen LogP contribution < -0.4 is 10.1 Å². The molecule has 1 atom stereocenters. The molecule has 2 rings (SSSR count). The van der Waals surface area contributed by atoms with Gasteiger partial charge in [-0.05, 0) is 26.8 Å². The van der Waals surface area contributed by atoms with Gasteiger partial charge in [0.2, 0.25) is 5.88 Å². The van der Waals surface area contributed by atoms with Crippen LogP contribution >= 0.6 is 0 Å². The van der Waals surface area contributed by atoms with Gasteiger partial charge in [0, 0.05) is 5.56 Å². The van der Waals surface area contributed by atoms with Crippen LogP contribution in [-0.2, 0) is 0 Å². The summed E-state index contributed by atoms with van der Waals surface area (Å²) in [6.45, 7) is 6.21. The highest BCUT2D eigenvalue weighted by Crippen LogP contribution is 2.25. The van der Waals surface area contributed by atoms with Crippen molar-refractivity contribution >= 4 is 5.82 Å². The first-order chi connectivity index (χ1) is 9.63. The van der Waals surface area contributed by atoms with E-state index in [1.165, 1.54) is 12.4 Å². The van der Waals surface area contributed by atoms with E-state index in [9.17, 15) is 4.39 Å². The zero-order valence-electron chi connectivity index (χ0n) is 11.9. The highest BCUT2D eigenvalue weighted by atomic mass is 19.1. The molecule has 106 valence electrons. The Hall–Kier alpha value is -2.17. The molecule has 0 aliphatic rings. The number of halogens is 1. The van der Waals surface area contributed by atoms with Gasteiger partial charge in [-0.2, -0.15) is 0 Å². The number of benzene rings is 1. The van der Waals surface area contributed by atoms with Crippen molar-refractivity contribution in [3.63, 3.8) is 0 Å². The largest absolute Gasteiger partial charge is 0.478 e. The number of rotatable bonds is 5. The Morgan fingerprint density at radius 1 is 1.30 bits per heavy atom. The number of aromatic nitrogens is 2. The molecule has 0 aliphatic heterocycles. The minimum atomic E-state index is -0.232. The summed E-state index contributed by atoms with van der Waals surface area (Å²) < 4.78 is 19.2. The van der Waals surface area contributed by atoms with Crippen molar-refractivity contribution in [2.24, 2.45) is 0 Å². The summed E-state index contributed by atoms with van der Waals surface area (Å²) >= 11 is 0. The highest BCUT2D eigenvalue weighted by Gasteiger charge is 2.14. The van der Waals surface area contributed by atoms with Crippen LogP contribution in [0.15, 0.2) is 30.6 Å². The minimum Gasteiger partial charge on any atom is -0.478 e. The first kappa shape index (κ1) is 14.2. The summed E-state index contributed by atoms with van der Waals surface area (Å²) in [5.74, 6) is 0.967. The van der Waals surface area contributed by atoms with Gasteiger partial charge in [0.1, 0.15) is 18.0 Å². The highest BCUT2D eigenvalue weighted by molar-refractivity contribution is 5.49. The fourth-order valence-corrected chi connectivity index (χ4v) is 1.97. The number of nitrogens with zero attached hydrogens (tertiary/aromatic N) is 2. The number of anilines is 1. The van der Waals surface area contributed by atoms with E-state index in [1.807, 2.05) is 26.8 Å². The van der Waals surface area contributed by atoms with Crippen molar-refractivity contribution in [3.8, 4) is 5.88 Å². The normalized spacial score (nSPS) is 12.0. The van der Waals surface area contributed by atoms with Gasteiger partial charge in [-0.3, -0.25) is 0 Å². The molecule has 0 bridgehead atoms. The lowest BCUT2D eigenvalue weighted by atomic mass is 10.1. The average Bonchev–Trinajstić information content (AvgIpc) is 2.44. The van der Waals surface area contributed by atoms with Gasteiger partial charge in [-0.1, -0.05) is 18.2 Å². The lowest BCUT2D eigenvalue weighted by molar-refractivity contribution is 0.324. The van der Waals surface area contributed by atoms with Crippen LogP contribution in [0, 0.1) is 12.7 Å². The Morgan fingerprint density at radius 3 is 2.75 bits per heavy atom. The zero-order valence-corrected chi connectivity index (χ0v) is 11.9. The standard InChI is InChI=1S/C15H18FN3O/c1-4-20-15-10(2)14(17-9-18-15)19-11(3)12-7-5-6-8-13(12)16/h5-9,11H,4H2,1-3H3,(H,17,18,19). The van der Waals surface area contributed by atoms with E-state index in [1.54, 1.807) is 12.1 Å². The summed E-state index contributed by atoms with van der Waals surface area (Å²) in [5, 5.41) is 3.19. The molecule has 0 radical (unpaired) electrons. The van der Waals surface area contributed by atoms with Crippen molar-refractivity contribution in [2.75, 3.05) is 11.9 Å². The number of hydrogen-bond acceptors (Lipinski definition) is 4. The van der Waals surface area contributed by atoms with E-state index in [0.29, 0.717) is 23.9 Å². The number of nitrogens with one attached hydrogen (secondary N) is 1. The fraction of sp³-hybridized carbons (Fsp3) is 0.333. The molecule has 0 fully saturated rings. The molecular formula is C15H18FN3O. The van der Waals surface area contributed by atoms with Crippen LogP contribution in [0.25, 0.3) is 0 Å². The summed E-state index contributed by atoms with van der Waals surface area (Å²) in [5.41, 5.74) is 1.42. The molecule has 5 heteroatoms. The van der Waals surface area contributed by atoms with Crippen LogP contribution in [0.1, 0.15) is 31.0 Å². The van der Waals surface area contributed by atoms with Gasteiger partial charge in [0.15, 0.2) is 0 Å². The summed E-state index contributed by atoms with van der Waals surface area (Å²) in [6, 6.07) is 6.50. The molecule has 1 heterocycles. The molecule has 20 heavy (non-hydrogen) atoms. The molecule has 0 amide bonds. The maximum atomic E-state index is 13.7. The molecule has 1 N–H and O–H groups in total. The van der Waals surface area contributed by atoms with E-state index in [4.69, 9.17) is 4.74 Å². The van der Waals surface area contributed by atoms with E-state index in [-0.39, 0.29) is 11.9 Å². The average molecular weight is 275 g/mol. The van der Waals surface area contributed by atoms with Crippen molar-refractivity contribution in [1.82, 2.24) is 9.97 Å². The SMILES string of the molecule is CCOc1ncnc(NC(C)c2ccccc2F)c1C. The maximum absolute atomic E-state index is 13.7. The Kier molecular flexibility index (Phi) is 4.50.